The van der Waals surface area contributed by atoms with E-state index in [9.17, 15) is 4.79 Å². The minimum absolute atomic E-state index is 0.0414. The molecule has 0 heterocycles. The van der Waals surface area contributed by atoms with Crippen LogP contribution in [0.3, 0.4) is 0 Å². The molecule has 0 aromatic heterocycles. The lowest BCUT2D eigenvalue weighted by Gasteiger charge is -2.48. The summed E-state index contributed by atoms with van der Waals surface area (Å²) in [7, 11) is 0. The molecule has 0 aliphatic heterocycles. The molecule has 4 unspecified atom stereocenters. The fourth-order valence-electron chi connectivity index (χ4n) is 6.17. The van der Waals surface area contributed by atoms with Gasteiger partial charge in [-0.3, -0.25) is 4.79 Å². The van der Waals surface area contributed by atoms with Crippen molar-refractivity contribution >= 4 is 17.4 Å². The Morgan fingerprint density at radius 3 is 2.71 bits per heavy atom. The number of fused-ring (bicyclic) bond motifs is 5. The van der Waals surface area contributed by atoms with Crippen LogP contribution in [0, 0.1) is 17.3 Å². The van der Waals surface area contributed by atoms with Gasteiger partial charge in [-0.2, -0.15) is 0 Å². The van der Waals surface area contributed by atoms with Gasteiger partial charge in [-0.25, -0.2) is 0 Å². The minimum Gasteiger partial charge on any atom is -0.489 e. The predicted molar refractivity (Wildman–Crippen MR) is 112 cm³/mol. The van der Waals surface area contributed by atoms with Crippen LogP contribution in [0.1, 0.15) is 61.6 Å². The summed E-state index contributed by atoms with van der Waals surface area (Å²) in [6.45, 7) is 2.80. The highest BCUT2D eigenvalue weighted by Crippen LogP contribution is 2.59. The topological polar surface area (TPSA) is 26.3 Å². The van der Waals surface area contributed by atoms with Crippen LogP contribution in [0.4, 0.5) is 0 Å². The number of carbonyl (C=O) groups is 1. The smallest absolute Gasteiger partial charge is 0.139 e. The summed E-state index contributed by atoms with van der Waals surface area (Å²) in [6, 6.07) is 14.5. The van der Waals surface area contributed by atoms with E-state index in [-0.39, 0.29) is 5.41 Å². The van der Waals surface area contributed by atoms with E-state index in [2.05, 4.69) is 25.1 Å². The summed E-state index contributed by atoms with van der Waals surface area (Å²) in [5.41, 5.74) is 4.04. The lowest BCUT2D eigenvalue weighted by molar-refractivity contribution is -0.129. The monoisotopic (exact) mass is 394 g/mol. The van der Waals surface area contributed by atoms with Crippen LogP contribution < -0.4 is 4.74 Å². The fraction of sp³-hybridized carbons (Fsp3) is 0.480. The second kappa shape index (κ2) is 6.91. The Bertz CT molecular complexity index is 903. The van der Waals surface area contributed by atoms with Crippen LogP contribution in [0.15, 0.2) is 42.5 Å². The summed E-state index contributed by atoms with van der Waals surface area (Å²) in [5.74, 6) is 3.36. The van der Waals surface area contributed by atoms with Crippen molar-refractivity contribution in [3.05, 3.63) is 64.2 Å². The number of carbonyl (C=O) groups excluding carboxylic acids is 1. The molecule has 2 nitrogen and oxygen atoms in total. The molecular weight excluding hydrogens is 368 g/mol. The minimum atomic E-state index is -0.0414. The summed E-state index contributed by atoms with van der Waals surface area (Å²) in [5, 5.41) is 0.750. The number of rotatable bonds is 3. The van der Waals surface area contributed by atoms with Gasteiger partial charge in [0.1, 0.15) is 18.1 Å². The van der Waals surface area contributed by atoms with E-state index in [1.807, 2.05) is 24.3 Å². The van der Waals surface area contributed by atoms with Gasteiger partial charge in [-0.1, -0.05) is 36.7 Å². The molecule has 5 rings (SSSR count). The second-order valence-electron chi connectivity index (χ2n) is 9.11. The van der Waals surface area contributed by atoms with E-state index < -0.39 is 0 Å². The molecule has 3 heteroatoms. The number of aryl methyl sites for hydroxylation is 1. The highest BCUT2D eigenvalue weighted by atomic mass is 35.5. The summed E-state index contributed by atoms with van der Waals surface area (Å²) in [6.07, 6.45) is 6.44. The fourth-order valence-corrected chi connectivity index (χ4v) is 6.29. The Labute approximate surface area is 172 Å². The van der Waals surface area contributed by atoms with E-state index >= 15 is 0 Å². The molecule has 0 amide bonds. The Kier molecular flexibility index (Phi) is 4.50. The first-order valence-electron chi connectivity index (χ1n) is 10.6. The van der Waals surface area contributed by atoms with Crippen molar-refractivity contribution < 1.29 is 9.53 Å². The maximum atomic E-state index is 12.5. The molecule has 0 N–H and O–H groups in total. The van der Waals surface area contributed by atoms with Crippen LogP contribution >= 0.6 is 11.6 Å². The van der Waals surface area contributed by atoms with E-state index in [1.165, 1.54) is 17.5 Å². The lowest BCUT2D eigenvalue weighted by atomic mass is 9.55. The molecule has 2 aromatic carbocycles. The molecule has 0 bridgehead atoms. The van der Waals surface area contributed by atoms with Crippen molar-refractivity contribution in [1.29, 1.82) is 0 Å². The van der Waals surface area contributed by atoms with Crippen LogP contribution in [0.2, 0.25) is 5.02 Å². The van der Waals surface area contributed by atoms with Gasteiger partial charge in [0.2, 0.25) is 0 Å². The molecular formula is C25H27ClO2. The van der Waals surface area contributed by atoms with Crippen LogP contribution in [0.25, 0.3) is 0 Å². The molecule has 4 atom stereocenters. The van der Waals surface area contributed by atoms with Crippen LogP contribution in [-0.2, 0) is 17.8 Å². The molecule has 2 fully saturated rings. The number of Topliss-reactive ketones (excluding diaryl/α,β-unsaturated/α-hetero) is 1. The predicted octanol–water partition coefficient (Wildman–Crippen LogP) is 6.34. The molecule has 3 aliphatic rings. The first-order chi connectivity index (χ1) is 13.5. The van der Waals surface area contributed by atoms with E-state index in [4.69, 9.17) is 16.3 Å². The zero-order valence-corrected chi connectivity index (χ0v) is 17.2. The van der Waals surface area contributed by atoms with Crippen molar-refractivity contribution in [2.45, 2.75) is 58.0 Å². The van der Waals surface area contributed by atoms with Gasteiger partial charge in [0.15, 0.2) is 0 Å². The second-order valence-corrected chi connectivity index (χ2v) is 9.55. The summed E-state index contributed by atoms with van der Waals surface area (Å²) < 4.78 is 6.05. The molecule has 0 spiro atoms. The Morgan fingerprint density at radius 2 is 1.89 bits per heavy atom. The first kappa shape index (κ1) is 18.2. The SMILES string of the molecule is CC12CCC3c4ccc(OCc5ccc(Cl)cc5)cc4CCC3C1CCC2=O. The zero-order chi connectivity index (χ0) is 19.3. The Hall–Kier alpha value is -1.80. The third kappa shape index (κ3) is 2.97. The van der Waals surface area contributed by atoms with Gasteiger partial charge in [0.05, 0.1) is 0 Å². The Balaban J connectivity index is 1.33. The summed E-state index contributed by atoms with van der Waals surface area (Å²) in [4.78, 5) is 12.5. The molecule has 146 valence electrons. The van der Waals surface area contributed by atoms with Gasteiger partial charge >= 0.3 is 0 Å². The van der Waals surface area contributed by atoms with Crippen LogP contribution in [0.5, 0.6) is 5.75 Å². The standard InChI is InChI=1S/C25H27ClO2/c1-25-13-12-21-20-9-7-19(28-15-16-2-5-18(26)6-3-16)14-17(20)4-8-22(21)23(25)10-11-24(25)27/h2-3,5-7,9,14,21-23H,4,8,10-13,15H2,1H3. The molecule has 3 aliphatic carbocycles. The van der Waals surface area contributed by atoms with Crippen molar-refractivity contribution in [1.82, 2.24) is 0 Å². The molecule has 2 saturated carbocycles. The normalized spacial score (nSPS) is 31.1. The molecule has 28 heavy (non-hydrogen) atoms. The number of benzene rings is 2. The van der Waals surface area contributed by atoms with Crippen molar-refractivity contribution in [2.75, 3.05) is 0 Å². The highest BCUT2D eigenvalue weighted by molar-refractivity contribution is 6.30. The third-order valence-corrected chi connectivity index (χ3v) is 7.98. The Morgan fingerprint density at radius 1 is 1.07 bits per heavy atom. The lowest BCUT2D eigenvalue weighted by Crippen LogP contribution is -2.42. The van der Waals surface area contributed by atoms with Gasteiger partial charge in [-0.15, -0.1) is 0 Å². The zero-order valence-electron chi connectivity index (χ0n) is 16.4. The summed E-state index contributed by atoms with van der Waals surface area (Å²) >= 11 is 5.95. The van der Waals surface area contributed by atoms with Crippen LogP contribution in [-0.4, -0.2) is 5.78 Å². The number of ketones is 1. The number of hydrogen-bond acceptors (Lipinski definition) is 2. The van der Waals surface area contributed by atoms with E-state index in [1.54, 1.807) is 0 Å². The van der Waals surface area contributed by atoms with Crippen molar-refractivity contribution in [2.24, 2.45) is 17.3 Å². The average molecular weight is 395 g/mol. The van der Waals surface area contributed by atoms with Gasteiger partial charge < -0.3 is 4.74 Å². The number of halogens is 1. The third-order valence-electron chi connectivity index (χ3n) is 7.73. The van der Waals surface area contributed by atoms with Gasteiger partial charge in [0, 0.05) is 16.9 Å². The number of ether oxygens (including phenoxy) is 1. The van der Waals surface area contributed by atoms with Gasteiger partial charge in [-0.05, 0) is 90.8 Å². The maximum absolute atomic E-state index is 12.5. The first-order valence-corrected chi connectivity index (χ1v) is 11.0. The molecule has 2 aromatic rings. The molecule has 0 saturated heterocycles. The quantitative estimate of drug-likeness (QED) is 0.606. The van der Waals surface area contributed by atoms with E-state index in [0.29, 0.717) is 30.1 Å². The average Bonchev–Trinajstić information content (AvgIpc) is 3.02. The maximum Gasteiger partial charge on any atom is 0.139 e. The highest BCUT2D eigenvalue weighted by Gasteiger charge is 2.54. The van der Waals surface area contributed by atoms with Gasteiger partial charge in [0.25, 0.3) is 0 Å². The number of hydrogen-bond donors (Lipinski definition) is 0. The van der Waals surface area contributed by atoms with Crippen molar-refractivity contribution in [3.8, 4) is 5.75 Å². The largest absolute Gasteiger partial charge is 0.489 e. The molecule has 0 radical (unpaired) electrons. The van der Waals surface area contributed by atoms with Crippen molar-refractivity contribution in [3.63, 3.8) is 0 Å². The van der Waals surface area contributed by atoms with E-state index in [0.717, 1.165) is 48.4 Å².